The summed E-state index contributed by atoms with van der Waals surface area (Å²) in [6.45, 7) is 14.6. The van der Waals surface area contributed by atoms with E-state index in [1.165, 1.54) is 11.8 Å². The lowest BCUT2D eigenvalue weighted by Gasteiger charge is -2.20. The largest absolute Gasteiger partial charge is 0.490 e. The fourth-order valence-corrected chi connectivity index (χ4v) is 5.24. The van der Waals surface area contributed by atoms with Gasteiger partial charge < -0.3 is 9.47 Å². The van der Waals surface area contributed by atoms with Gasteiger partial charge in [-0.25, -0.2) is 0 Å². The van der Waals surface area contributed by atoms with E-state index in [1.54, 1.807) is 17.0 Å². The third-order valence-electron chi connectivity index (χ3n) is 5.21. The summed E-state index contributed by atoms with van der Waals surface area (Å²) in [6.07, 6.45) is 4.29. The molecule has 0 unspecified atom stereocenters. The van der Waals surface area contributed by atoms with E-state index in [9.17, 15) is 4.79 Å². The Morgan fingerprint density at radius 2 is 1.86 bits per heavy atom. The van der Waals surface area contributed by atoms with Crippen molar-refractivity contribution in [1.29, 1.82) is 0 Å². The maximum absolute atomic E-state index is 13.2. The van der Waals surface area contributed by atoms with Gasteiger partial charge in [-0.15, -0.1) is 6.58 Å². The van der Waals surface area contributed by atoms with Crippen LogP contribution in [0.25, 0.3) is 6.08 Å². The Morgan fingerprint density at radius 1 is 1.11 bits per heavy atom. The molecule has 1 heterocycles. The van der Waals surface area contributed by atoms with Gasteiger partial charge in [0.25, 0.3) is 5.91 Å². The number of rotatable bonds is 10. The SMILES string of the molecule is C=CCc1cc(/C=C2/SC(=NC(C)C)N(C(C)C)C2=O)cc(OCC)c1OCc1ccc(Cl)c(Cl)c1. The quantitative estimate of drug-likeness (QED) is 0.225. The van der Waals surface area contributed by atoms with Crippen LogP contribution in [-0.4, -0.2) is 34.7 Å². The number of aliphatic imine (C=N–C) groups is 1. The summed E-state index contributed by atoms with van der Waals surface area (Å²) < 4.78 is 12.2. The van der Waals surface area contributed by atoms with Crippen LogP contribution in [-0.2, 0) is 17.8 Å². The Kier molecular flexibility index (Phi) is 9.94. The average molecular weight is 548 g/mol. The molecule has 1 amide bonds. The zero-order chi connectivity index (χ0) is 26.4. The first-order chi connectivity index (χ1) is 17.1. The van der Waals surface area contributed by atoms with Crippen molar-refractivity contribution in [3.63, 3.8) is 0 Å². The van der Waals surface area contributed by atoms with Gasteiger partial charge in [-0.3, -0.25) is 14.7 Å². The van der Waals surface area contributed by atoms with Gasteiger partial charge in [-0.2, -0.15) is 0 Å². The Balaban J connectivity index is 1.99. The number of amides is 1. The number of hydrogen-bond donors (Lipinski definition) is 0. The second-order valence-corrected chi connectivity index (χ2v) is 10.7. The first-order valence-electron chi connectivity index (χ1n) is 11.9. The van der Waals surface area contributed by atoms with Crippen molar-refractivity contribution < 1.29 is 14.3 Å². The lowest BCUT2D eigenvalue weighted by atomic mass is 10.0. The van der Waals surface area contributed by atoms with E-state index in [4.69, 9.17) is 32.7 Å². The third kappa shape index (κ3) is 6.87. The van der Waals surface area contributed by atoms with Crippen LogP contribution in [0.5, 0.6) is 11.5 Å². The normalized spacial score (nSPS) is 16.0. The zero-order valence-electron chi connectivity index (χ0n) is 21.3. The highest BCUT2D eigenvalue weighted by Gasteiger charge is 2.35. The molecule has 3 rings (SSSR count). The number of nitrogens with zero attached hydrogens (tertiary/aromatic N) is 2. The molecule has 1 fully saturated rings. The number of carbonyl (C=O) groups is 1. The van der Waals surface area contributed by atoms with Gasteiger partial charge in [0.05, 0.1) is 21.6 Å². The molecule has 1 aliphatic rings. The van der Waals surface area contributed by atoms with E-state index in [1.807, 2.05) is 65.0 Å². The predicted octanol–water partition coefficient (Wildman–Crippen LogP) is 7.79. The van der Waals surface area contributed by atoms with Gasteiger partial charge in [-0.05, 0) is 94.3 Å². The predicted molar refractivity (Wildman–Crippen MR) is 152 cm³/mol. The van der Waals surface area contributed by atoms with Crippen LogP contribution < -0.4 is 9.47 Å². The third-order valence-corrected chi connectivity index (χ3v) is 6.94. The maximum Gasteiger partial charge on any atom is 0.266 e. The van der Waals surface area contributed by atoms with E-state index in [-0.39, 0.29) is 18.0 Å². The molecule has 36 heavy (non-hydrogen) atoms. The van der Waals surface area contributed by atoms with Crippen molar-refractivity contribution >= 4 is 52.1 Å². The molecule has 0 radical (unpaired) electrons. The highest BCUT2D eigenvalue weighted by Crippen LogP contribution is 2.38. The van der Waals surface area contributed by atoms with Crippen LogP contribution in [0.15, 0.2) is 52.9 Å². The molecule has 0 N–H and O–H groups in total. The molecule has 0 saturated carbocycles. The minimum atomic E-state index is -0.0439. The number of carbonyl (C=O) groups excluding carboxylic acids is 1. The number of halogens is 2. The molecule has 2 aromatic rings. The van der Waals surface area contributed by atoms with E-state index < -0.39 is 0 Å². The number of amidine groups is 1. The van der Waals surface area contributed by atoms with E-state index >= 15 is 0 Å². The fourth-order valence-electron chi connectivity index (χ4n) is 3.69. The molecular formula is C28H32Cl2N2O3S. The van der Waals surface area contributed by atoms with Crippen LogP contribution in [0.1, 0.15) is 51.3 Å². The summed E-state index contributed by atoms with van der Waals surface area (Å²) in [4.78, 5) is 20.2. The van der Waals surface area contributed by atoms with E-state index in [0.717, 1.165) is 21.9 Å². The van der Waals surface area contributed by atoms with Crippen molar-refractivity contribution in [2.45, 2.75) is 59.7 Å². The van der Waals surface area contributed by atoms with Crippen LogP contribution in [0.3, 0.4) is 0 Å². The van der Waals surface area contributed by atoms with Crippen molar-refractivity contribution in [3.8, 4) is 11.5 Å². The summed E-state index contributed by atoms with van der Waals surface area (Å²) >= 11 is 13.6. The van der Waals surface area contributed by atoms with Gasteiger partial charge >= 0.3 is 0 Å². The number of benzene rings is 2. The standard InChI is InChI=1S/C28H32Cl2N2O3S/c1-7-9-21-12-20(15-25-27(33)32(18(5)6)28(36-25)31-17(3)4)14-24(34-8-2)26(21)35-16-19-10-11-22(29)23(30)13-19/h7,10-15,17-18H,1,8-9,16H2,2-6H3/b25-15+,31-28?. The number of allylic oxidation sites excluding steroid dienone is 1. The molecule has 0 aromatic heterocycles. The summed E-state index contributed by atoms with van der Waals surface area (Å²) in [5, 5.41) is 1.71. The highest BCUT2D eigenvalue weighted by molar-refractivity contribution is 8.18. The molecule has 1 aliphatic heterocycles. The summed E-state index contributed by atoms with van der Waals surface area (Å²) in [5.41, 5.74) is 2.65. The molecule has 0 bridgehead atoms. The summed E-state index contributed by atoms with van der Waals surface area (Å²) in [7, 11) is 0. The molecule has 0 atom stereocenters. The molecule has 8 heteroatoms. The Morgan fingerprint density at radius 3 is 2.47 bits per heavy atom. The smallest absolute Gasteiger partial charge is 0.266 e. The Labute approximate surface area is 228 Å². The zero-order valence-corrected chi connectivity index (χ0v) is 23.6. The first kappa shape index (κ1) is 28.2. The van der Waals surface area contributed by atoms with E-state index in [0.29, 0.717) is 46.1 Å². The van der Waals surface area contributed by atoms with Gasteiger partial charge in [-0.1, -0.05) is 35.3 Å². The van der Waals surface area contributed by atoms with Crippen LogP contribution in [0.4, 0.5) is 0 Å². The van der Waals surface area contributed by atoms with Crippen molar-refractivity contribution in [3.05, 3.63) is 74.6 Å². The fraction of sp³-hybridized carbons (Fsp3) is 0.357. The number of ether oxygens (including phenoxy) is 2. The average Bonchev–Trinajstić information content (AvgIpc) is 3.09. The molecular weight excluding hydrogens is 515 g/mol. The topological polar surface area (TPSA) is 51.1 Å². The number of thioether (sulfide) groups is 1. The summed E-state index contributed by atoms with van der Waals surface area (Å²) in [6, 6.07) is 9.43. The molecule has 192 valence electrons. The number of hydrogen-bond acceptors (Lipinski definition) is 5. The minimum Gasteiger partial charge on any atom is -0.490 e. The van der Waals surface area contributed by atoms with Crippen molar-refractivity contribution in [2.24, 2.45) is 4.99 Å². The lowest BCUT2D eigenvalue weighted by Crippen LogP contribution is -2.35. The second-order valence-electron chi connectivity index (χ2n) is 8.86. The second kappa shape index (κ2) is 12.7. The molecule has 0 aliphatic carbocycles. The molecule has 1 saturated heterocycles. The van der Waals surface area contributed by atoms with E-state index in [2.05, 4.69) is 11.6 Å². The minimum absolute atomic E-state index is 0.0147. The first-order valence-corrected chi connectivity index (χ1v) is 13.5. The van der Waals surface area contributed by atoms with Crippen LogP contribution in [0, 0.1) is 0 Å². The maximum atomic E-state index is 13.2. The van der Waals surface area contributed by atoms with Gasteiger partial charge in [0.2, 0.25) is 0 Å². The van der Waals surface area contributed by atoms with Gasteiger partial charge in [0.1, 0.15) is 6.61 Å². The molecule has 0 spiro atoms. The monoisotopic (exact) mass is 546 g/mol. The van der Waals surface area contributed by atoms with Gasteiger partial charge in [0, 0.05) is 17.6 Å². The summed E-state index contributed by atoms with van der Waals surface area (Å²) in [5.74, 6) is 1.20. The Hall–Kier alpha value is -2.41. The highest BCUT2D eigenvalue weighted by atomic mass is 35.5. The van der Waals surface area contributed by atoms with Crippen molar-refractivity contribution in [2.75, 3.05) is 6.61 Å². The van der Waals surface area contributed by atoms with Gasteiger partial charge in [0.15, 0.2) is 16.7 Å². The van der Waals surface area contributed by atoms with Crippen LogP contribution >= 0.6 is 35.0 Å². The van der Waals surface area contributed by atoms with Crippen molar-refractivity contribution in [1.82, 2.24) is 4.90 Å². The Bertz CT molecular complexity index is 1190. The molecule has 2 aromatic carbocycles. The van der Waals surface area contributed by atoms with Crippen LogP contribution in [0.2, 0.25) is 10.0 Å². The lowest BCUT2D eigenvalue weighted by molar-refractivity contribution is -0.123. The molecule has 5 nitrogen and oxygen atoms in total.